The Hall–Kier alpha value is -3.03. The van der Waals surface area contributed by atoms with E-state index in [1.165, 1.54) is 0 Å². The van der Waals surface area contributed by atoms with Crippen LogP contribution in [0, 0.1) is 18.8 Å². The van der Waals surface area contributed by atoms with E-state index in [4.69, 9.17) is 14.0 Å². The van der Waals surface area contributed by atoms with E-state index in [-0.39, 0.29) is 24.0 Å². The van der Waals surface area contributed by atoms with Crippen molar-refractivity contribution in [3.05, 3.63) is 53.4 Å². The molecule has 1 saturated heterocycles. The van der Waals surface area contributed by atoms with E-state index < -0.39 is 11.7 Å². The molecule has 0 radical (unpaired) electrons. The van der Waals surface area contributed by atoms with Crippen molar-refractivity contribution < 1.29 is 23.6 Å². The van der Waals surface area contributed by atoms with Gasteiger partial charge in [0.25, 0.3) is 0 Å². The second kappa shape index (κ2) is 8.48. The first-order valence-electron chi connectivity index (χ1n) is 11.0. The molecule has 0 bridgehead atoms. The molecule has 1 aliphatic carbocycles. The van der Waals surface area contributed by atoms with Gasteiger partial charge in [-0.15, -0.1) is 0 Å². The van der Waals surface area contributed by atoms with E-state index in [0.717, 1.165) is 23.2 Å². The van der Waals surface area contributed by atoms with Crippen LogP contribution in [0.25, 0.3) is 0 Å². The third-order valence-electron chi connectivity index (χ3n) is 6.40. The maximum atomic E-state index is 12.7. The monoisotopic (exact) mass is 441 g/mol. The average molecular weight is 442 g/mol. The number of amides is 2. The van der Waals surface area contributed by atoms with E-state index in [9.17, 15) is 9.59 Å². The third kappa shape index (κ3) is 4.45. The number of likely N-dealkylation sites (tertiary alicyclic amines) is 1. The number of aryl methyl sites for hydroxylation is 1. The van der Waals surface area contributed by atoms with Crippen LogP contribution < -0.4 is 5.32 Å². The zero-order valence-electron chi connectivity index (χ0n) is 19.1. The lowest BCUT2D eigenvalue weighted by molar-refractivity contribution is 0.0519. The molecule has 32 heavy (non-hydrogen) atoms. The second-order valence-electron chi connectivity index (χ2n) is 9.73. The van der Waals surface area contributed by atoms with Crippen LogP contribution in [0.3, 0.4) is 0 Å². The minimum Gasteiger partial charge on any atom is -0.445 e. The van der Waals surface area contributed by atoms with Crippen LogP contribution in [0.4, 0.5) is 9.59 Å². The van der Waals surface area contributed by atoms with E-state index in [1.54, 1.807) is 11.2 Å². The number of hydrogen-bond acceptors (Lipinski definition) is 6. The molecule has 2 aromatic rings. The predicted molar refractivity (Wildman–Crippen MR) is 117 cm³/mol. The fourth-order valence-electron chi connectivity index (χ4n) is 4.92. The number of benzene rings is 1. The molecule has 3 unspecified atom stereocenters. The highest BCUT2D eigenvalue weighted by Crippen LogP contribution is 2.63. The number of carbonyl (C=O) groups is 2. The number of hydrogen-bond donors (Lipinski definition) is 1. The summed E-state index contributed by atoms with van der Waals surface area (Å²) in [4.78, 5) is 26.8. The van der Waals surface area contributed by atoms with Crippen LogP contribution in [-0.2, 0) is 21.5 Å². The number of carbonyl (C=O) groups excluding carboxylic acids is 2. The van der Waals surface area contributed by atoms with Crippen molar-refractivity contribution in [3.8, 4) is 0 Å². The lowest BCUT2D eigenvalue weighted by atomic mass is 9.94. The molecule has 2 fully saturated rings. The van der Waals surface area contributed by atoms with Crippen molar-refractivity contribution in [2.45, 2.75) is 51.7 Å². The molecule has 0 spiro atoms. The molecule has 8 nitrogen and oxygen atoms in total. The molecule has 2 amide bonds. The minimum absolute atomic E-state index is 0.166. The number of fused-ring (bicyclic) bond motifs is 1. The Morgan fingerprint density at radius 2 is 2.00 bits per heavy atom. The maximum Gasteiger partial charge on any atom is 0.410 e. The Kier molecular flexibility index (Phi) is 5.88. The molecule has 2 aliphatic rings. The fourth-order valence-corrected chi connectivity index (χ4v) is 4.92. The first-order valence-corrected chi connectivity index (χ1v) is 11.0. The Morgan fingerprint density at radius 1 is 1.25 bits per heavy atom. The number of alkyl carbamates (subject to hydrolysis) is 1. The first kappa shape index (κ1) is 22.2. The highest BCUT2D eigenvalue weighted by atomic mass is 16.6. The van der Waals surface area contributed by atoms with Gasteiger partial charge in [0.1, 0.15) is 18.5 Å². The fraction of sp³-hybridized carbons (Fsp3) is 0.542. The van der Waals surface area contributed by atoms with Crippen molar-refractivity contribution in [1.82, 2.24) is 15.4 Å². The second-order valence-corrected chi connectivity index (χ2v) is 9.73. The molecule has 4 rings (SSSR count). The Bertz CT molecular complexity index is 968. The van der Waals surface area contributed by atoms with Gasteiger partial charge in [-0.25, -0.2) is 9.59 Å². The zero-order valence-corrected chi connectivity index (χ0v) is 19.1. The molecule has 1 aromatic carbocycles. The first-order chi connectivity index (χ1) is 15.2. The number of nitrogens with zero attached hydrogens (tertiary/aromatic N) is 2. The molecule has 1 aromatic heterocycles. The van der Waals surface area contributed by atoms with Gasteiger partial charge in [0.15, 0.2) is 0 Å². The lowest BCUT2D eigenvalue weighted by Gasteiger charge is -2.25. The van der Waals surface area contributed by atoms with Gasteiger partial charge in [0.05, 0.1) is 5.69 Å². The molecule has 172 valence electrons. The summed E-state index contributed by atoms with van der Waals surface area (Å²) in [5.41, 5.74) is 1.81. The number of ether oxygens (including phenoxy) is 2. The van der Waals surface area contributed by atoms with Gasteiger partial charge >= 0.3 is 12.2 Å². The summed E-state index contributed by atoms with van der Waals surface area (Å²) in [7, 11) is 0. The number of nitrogens with one attached hydrogen (secondary N) is 1. The normalized spacial score (nSPS) is 24.4. The van der Waals surface area contributed by atoms with E-state index >= 15 is 0 Å². The molecular formula is C24H31N3O5. The largest absolute Gasteiger partial charge is 0.445 e. The standard InChI is InChI=1S/C24H31N3O5/c1-16-13-31-26-20(16)24(15-25-21(28)32-23(2,3)4)18-10-11-27(12-19(18)24)22(29)30-14-17-8-6-5-7-9-17/h5-9,13,18-19H,10-12,14-15H2,1-4H3,(H,25,28). The van der Waals surface area contributed by atoms with E-state index in [1.807, 2.05) is 58.0 Å². The smallest absolute Gasteiger partial charge is 0.410 e. The summed E-state index contributed by atoms with van der Waals surface area (Å²) in [5, 5.41) is 7.20. The lowest BCUT2D eigenvalue weighted by Crippen LogP contribution is -2.39. The Morgan fingerprint density at radius 3 is 2.66 bits per heavy atom. The van der Waals surface area contributed by atoms with Gasteiger partial charge < -0.3 is 24.2 Å². The quantitative estimate of drug-likeness (QED) is 0.753. The molecule has 2 heterocycles. The Balaban J connectivity index is 1.43. The number of aromatic nitrogens is 1. The summed E-state index contributed by atoms with van der Waals surface area (Å²) in [6.45, 7) is 9.26. The van der Waals surface area contributed by atoms with Crippen molar-refractivity contribution in [1.29, 1.82) is 0 Å². The highest BCUT2D eigenvalue weighted by Gasteiger charge is 2.68. The molecule has 1 aliphatic heterocycles. The van der Waals surface area contributed by atoms with Crippen LogP contribution >= 0.6 is 0 Å². The van der Waals surface area contributed by atoms with Crippen LogP contribution in [0.15, 0.2) is 41.1 Å². The van der Waals surface area contributed by atoms with Crippen LogP contribution in [0.1, 0.15) is 44.0 Å². The van der Waals surface area contributed by atoms with Gasteiger partial charge in [-0.3, -0.25) is 0 Å². The summed E-state index contributed by atoms with van der Waals surface area (Å²) in [5.74, 6) is 0.471. The highest BCUT2D eigenvalue weighted by molar-refractivity contribution is 5.69. The minimum atomic E-state index is -0.573. The zero-order chi connectivity index (χ0) is 22.9. The summed E-state index contributed by atoms with van der Waals surface area (Å²) >= 11 is 0. The van der Waals surface area contributed by atoms with Gasteiger partial charge in [0, 0.05) is 30.6 Å². The van der Waals surface area contributed by atoms with Gasteiger partial charge in [-0.1, -0.05) is 35.5 Å². The Labute approximate surface area is 188 Å². The van der Waals surface area contributed by atoms with Crippen LogP contribution in [0.2, 0.25) is 0 Å². The van der Waals surface area contributed by atoms with Gasteiger partial charge in [-0.2, -0.15) is 0 Å². The summed E-state index contributed by atoms with van der Waals surface area (Å²) in [6, 6.07) is 9.64. The molecule has 1 N–H and O–H groups in total. The molecule has 8 heteroatoms. The summed E-state index contributed by atoms with van der Waals surface area (Å²) in [6.07, 6.45) is 1.67. The van der Waals surface area contributed by atoms with Crippen molar-refractivity contribution in [3.63, 3.8) is 0 Å². The maximum absolute atomic E-state index is 12.7. The van der Waals surface area contributed by atoms with Gasteiger partial charge in [0.2, 0.25) is 0 Å². The van der Waals surface area contributed by atoms with Crippen molar-refractivity contribution >= 4 is 12.2 Å². The number of rotatable bonds is 5. The van der Waals surface area contributed by atoms with E-state index in [2.05, 4.69) is 10.5 Å². The average Bonchev–Trinajstić information content (AvgIpc) is 3.18. The van der Waals surface area contributed by atoms with E-state index in [0.29, 0.717) is 25.6 Å². The summed E-state index contributed by atoms with van der Waals surface area (Å²) < 4.78 is 16.2. The third-order valence-corrected chi connectivity index (χ3v) is 6.40. The number of piperidine rings is 1. The van der Waals surface area contributed by atoms with Crippen molar-refractivity contribution in [2.24, 2.45) is 11.8 Å². The van der Waals surface area contributed by atoms with Crippen molar-refractivity contribution in [2.75, 3.05) is 19.6 Å². The molecule has 1 saturated carbocycles. The van der Waals surface area contributed by atoms with Crippen LogP contribution in [0.5, 0.6) is 0 Å². The SMILES string of the molecule is Cc1conc1C1(CNC(=O)OC(C)(C)C)C2CCN(C(=O)OCc3ccccc3)CC21. The molecular weight excluding hydrogens is 410 g/mol. The molecule has 3 atom stereocenters. The predicted octanol–water partition coefficient (Wildman–Crippen LogP) is 4.03. The topological polar surface area (TPSA) is 93.9 Å². The van der Waals surface area contributed by atoms with Crippen LogP contribution in [-0.4, -0.2) is 47.5 Å². The van der Waals surface area contributed by atoms with Gasteiger partial charge in [-0.05, 0) is 51.5 Å².